The molecule has 0 spiro atoms. The smallest absolute Gasteiger partial charge is 0.129 e. The van der Waals surface area contributed by atoms with Crippen LogP contribution in [0.25, 0.3) is 32.8 Å². The van der Waals surface area contributed by atoms with Crippen LogP contribution in [0.5, 0.6) is 5.75 Å². The highest BCUT2D eigenvalue weighted by Gasteiger charge is 2.29. The van der Waals surface area contributed by atoms with E-state index in [0.717, 1.165) is 39.8 Å². The summed E-state index contributed by atoms with van der Waals surface area (Å²) >= 11 is 3.76. The Morgan fingerprint density at radius 3 is 2.74 bits per heavy atom. The lowest BCUT2D eigenvalue weighted by atomic mass is 9.85. The van der Waals surface area contributed by atoms with Crippen LogP contribution >= 0.6 is 25.4 Å². The Balaban J connectivity index is 1.89. The number of rotatable bonds is 6. The molecule has 0 amide bonds. The van der Waals surface area contributed by atoms with Gasteiger partial charge in [-0.1, -0.05) is 40.2 Å². The fraction of sp³-hybridized carbons (Fsp3) is 0.321. The maximum absolute atomic E-state index is 6.61. The summed E-state index contributed by atoms with van der Waals surface area (Å²) in [6.45, 7) is 7.37. The van der Waals surface area contributed by atoms with E-state index < -0.39 is 0 Å². The summed E-state index contributed by atoms with van der Waals surface area (Å²) in [6.07, 6.45) is 2.55. The molecular formula is C28H29BrNO3P. The monoisotopic (exact) mass is 537 g/mol. The fourth-order valence-electron chi connectivity index (χ4n) is 4.98. The molecule has 0 fully saturated rings. The van der Waals surface area contributed by atoms with Crippen LogP contribution in [0.4, 0.5) is 0 Å². The number of ether oxygens (including phenoxy) is 2. The molecule has 0 aliphatic carbocycles. The number of pyridine rings is 1. The standard InChI is InChI=1S/C28H29BrNO3P/c1-28(2,3)33-23(16-32-34)24-19(15-29)14-18-6-4-5-7-20(18)26(24)21-8-9-22-25-17(11-13-31-22)10-12-30-27(21)25/h4-10,12,14,23H,11,13,15-16,34H2,1-3H3/t23-/m1/s1. The molecule has 34 heavy (non-hydrogen) atoms. The Morgan fingerprint density at radius 2 is 1.97 bits per heavy atom. The highest BCUT2D eigenvalue weighted by Crippen LogP contribution is 2.45. The van der Waals surface area contributed by atoms with Crippen molar-refractivity contribution in [3.63, 3.8) is 0 Å². The number of alkyl halides is 1. The Bertz CT molecular complexity index is 1360. The molecule has 176 valence electrons. The first-order valence-corrected chi connectivity index (χ1v) is 13.1. The van der Waals surface area contributed by atoms with Crippen LogP contribution < -0.4 is 4.74 Å². The number of aromatic nitrogens is 1. The summed E-state index contributed by atoms with van der Waals surface area (Å²) in [7, 11) is 2.38. The zero-order valence-corrected chi connectivity index (χ0v) is 22.5. The van der Waals surface area contributed by atoms with Gasteiger partial charge in [0.1, 0.15) is 11.9 Å². The maximum atomic E-state index is 6.61. The molecule has 4 nitrogen and oxygen atoms in total. The molecule has 1 unspecified atom stereocenters. The largest absolute Gasteiger partial charge is 0.493 e. The summed E-state index contributed by atoms with van der Waals surface area (Å²) in [4.78, 5) is 4.88. The van der Waals surface area contributed by atoms with Crippen LogP contribution in [0.15, 0.2) is 54.7 Å². The van der Waals surface area contributed by atoms with Crippen LogP contribution in [-0.2, 0) is 21.0 Å². The lowest BCUT2D eigenvalue weighted by molar-refractivity contribution is -0.0761. The van der Waals surface area contributed by atoms with Crippen LogP contribution in [0.1, 0.15) is 43.6 Å². The molecule has 0 radical (unpaired) electrons. The molecule has 4 aromatic rings. The predicted molar refractivity (Wildman–Crippen MR) is 146 cm³/mol. The van der Waals surface area contributed by atoms with Gasteiger partial charge in [-0.2, -0.15) is 0 Å². The predicted octanol–water partition coefficient (Wildman–Crippen LogP) is 7.55. The number of halogens is 1. The van der Waals surface area contributed by atoms with Gasteiger partial charge in [0.15, 0.2) is 0 Å². The normalized spacial score (nSPS) is 14.4. The van der Waals surface area contributed by atoms with Gasteiger partial charge in [-0.3, -0.25) is 4.98 Å². The van der Waals surface area contributed by atoms with Crippen molar-refractivity contribution in [2.24, 2.45) is 0 Å². The summed E-state index contributed by atoms with van der Waals surface area (Å²) in [5, 5.41) is 4.18. The van der Waals surface area contributed by atoms with Gasteiger partial charge in [-0.25, -0.2) is 0 Å². The average molecular weight is 538 g/mol. The molecule has 2 heterocycles. The number of fused-ring (bicyclic) bond motifs is 1. The minimum absolute atomic E-state index is 0.258. The van der Waals surface area contributed by atoms with E-state index in [4.69, 9.17) is 19.0 Å². The highest BCUT2D eigenvalue weighted by molar-refractivity contribution is 9.08. The van der Waals surface area contributed by atoms with Crippen molar-refractivity contribution in [2.45, 2.75) is 44.2 Å². The fourth-order valence-corrected chi connectivity index (χ4v) is 5.62. The number of benzene rings is 3. The minimum Gasteiger partial charge on any atom is -0.493 e. The molecule has 6 heteroatoms. The van der Waals surface area contributed by atoms with Gasteiger partial charge in [-0.15, -0.1) is 0 Å². The third kappa shape index (κ3) is 4.35. The summed E-state index contributed by atoms with van der Waals surface area (Å²) in [5.41, 5.74) is 6.46. The molecule has 0 bridgehead atoms. The zero-order valence-electron chi connectivity index (χ0n) is 19.7. The second-order valence-corrected chi connectivity index (χ2v) is 10.5. The summed E-state index contributed by atoms with van der Waals surface area (Å²) < 4.78 is 18.2. The number of hydrogen-bond donors (Lipinski definition) is 0. The van der Waals surface area contributed by atoms with Crippen molar-refractivity contribution >= 4 is 47.1 Å². The summed E-state index contributed by atoms with van der Waals surface area (Å²) in [5.74, 6) is 0.909. The SMILES string of the molecule is CC(C)(C)O[C@H](COP)c1c(CBr)cc2ccccc2c1-c1ccc2c3c(ccnc13)CCO2. The van der Waals surface area contributed by atoms with Gasteiger partial charge in [0.2, 0.25) is 0 Å². The quantitative estimate of drug-likeness (QED) is 0.188. The Labute approximate surface area is 211 Å². The Morgan fingerprint density at radius 1 is 1.15 bits per heavy atom. The zero-order chi connectivity index (χ0) is 23.9. The van der Waals surface area contributed by atoms with Crippen molar-refractivity contribution in [3.8, 4) is 16.9 Å². The molecule has 5 rings (SSSR count). The second kappa shape index (κ2) is 9.54. The van der Waals surface area contributed by atoms with Gasteiger partial charge in [0.05, 0.1) is 24.3 Å². The van der Waals surface area contributed by atoms with Crippen molar-refractivity contribution in [3.05, 3.63) is 71.4 Å². The van der Waals surface area contributed by atoms with Gasteiger partial charge < -0.3 is 14.0 Å². The molecule has 0 saturated heterocycles. The van der Waals surface area contributed by atoms with Crippen molar-refractivity contribution in [1.82, 2.24) is 4.98 Å². The second-order valence-electron chi connectivity index (χ2n) is 9.63. The molecule has 1 aliphatic rings. The van der Waals surface area contributed by atoms with Crippen molar-refractivity contribution in [1.29, 1.82) is 0 Å². The van der Waals surface area contributed by atoms with Crippen LogP contribution in [-0.4, -0.2) is 23.8 Å². The van der Waals surface area contributed by atoms with Crippen molar-refractivity contribution < 1.29 is 14.0 Å². The third-order valence-corrected chi connectivity index (χ3v) is 7.02. The number of hydrogen-bond acceptors (Lipinski definition) is 4. The van der Waals surface area contributed by atoms with Gasteiger partial charge in [-0.05, 0) is 78.1 Å². The van der Waals surface area contributed by atoms with Crippen LogP contribution in [0.2, 0.25) is 0 Å². The van der Waals surface area contributed by atoms with Gasteiger partial charge in [0.25, 0.3) is 0 Å². The summed E-state index contributed by atoms with van der Waals surface area (Å²) in [6, 6.07) is 17.1. The maximum Gasteiger partial charge on any atom is 0.129 e. The van der Waals surface area contributed by atoms with E-state index in [9.17, 15) is 0 Å². The number of nitrogens with zero attached hydrogens (tertiary/aromatic N) is 1. The van der Waals surface area contributed by atoms with E-state index in [1.54, 1.807) is 0 Å². The molecule has 3 aromatic carbocycles. The molecule has 0 saturated carbocycles. The molecular weight excluding hydrogens is 509 g/mol. The topological polar surface area (TPSA) is 40.6 Å². The van der Waals surface area contributed by atoms with Gasteiger partial charge >= 0.3 is 0 Å². The van der Waals surface area contributed by atoms with E-state index in [0.29, 0.717) is 18.5 Å². The van der Waals surface area contributed by atoms with E-state index >= 15 is 0 Å². The lowest BCUT2D eigenvalue weighted by Gasteiger charge is -2.31. The molecule has 0 N–H and O–H groups in total. The van der Waals surface area contributed by atoms with E-state index in [-0.39, 0.29) is 11.7 Å². The van der Waals surface area contributed by atoms with Gasteiger partial charge in [0, 0.05) is 38.4 Å². The highest BCUT2D eigenvalue weighted by atomic mass is 79.9. The van der Waals surface area contributed by atoms with Crippen LogP contribution in [0, 0.1) is 0 Å². The first kappa shape index (κ1) is 23.7. The van der Waals surface area contributed by atoms with Crippen molar-refractivity contribution in [2.75, 3.05) is 13.2 Å². The Hall–Kier alpha value is -2.04. The lowest BCUT2D eigenvalue weighted by Crippen LogP contribution is -2.26. The molecule has 1 aliphatic heterocycles. The van der Waals surface area contributed by atoms with Crippen LogP contribution in [0.3, 0.4) is 0 Å². The Kier molecular flexibility index (Phi) is 6.65. The van der Waals surface area contributed by atoms with E-state index in [1.807, 2.05) is 6.20 Å². The van der Waals surface area contributed by atoms with E-state index in [2.05, 4.69) is 94.7 Å². The van der Waals surface area contributed by atoms with E-state index in [1.165, 1.54) is 21.9 Å². The average Bonchev–Trinajstić information content (AvgIpc) is 2.82. The first-order valence-electron chi connectivity index (χ1n) is 11.5. The first-order chi connectivity index (χ1) is 16.4. The minimum atomic E-state index is -0.341. The third-order valence-electron chi connectivity index (χ3n) is 6.22. The molecule has 1 aromatic heterocycles. The molecule has 2 atom stereocenters.